The number of nitrogens with zero attached hydrogens (tertiary/aromatic N) is 4. The molecular formula is C19H12F7N5O. The molecule has 0 aliphatic rings. The van der Waals surface area contributed by atoms with Crippen LogP contribution in [0, 0.1) is 11.7 Å². The van der Waals surface area contributed by atoms with Gasteiger partial charge >= 0.3 is 12.4 Å². The maximum absolute atomic E-state index is 14.1. The van der Waals surface area contributed by atoms with Gasteiger partial charge in [-0.25, -0.2) is 19.3 Å². The van der Waals surface area contributed by atoms with E-state index in [0.29, 0.717) is 0 Å². The lowest BCUT2D eigenvalue weighted by molar-refractivity contribution is -0.284. The van der Waals surface area contributed by atoms with Crippen molar-refractivity contribution in [2.24, 2.45) is 5.92 Å². The second kappa shape index (κ2) is 7.57. The standard InChI is InChI=1S/C19H12F7N5O/c20-11-3-1-2-10-9(6-14(32)30-15(10)11)8-31-13(29-16-17(31)28-5-4-27-16)7-12(18(21,22)23)19(24,25)26/h1-6,12H,7-8H2,(H,30,32). The summed E-state index contributed by atoms with van der Waals surface area (Å²) in [5, 5.41) is 0.226. The van der Waals surface area contributed by atoms with E-state index in [4.69, 9.17) is 0 Å². The van der Waals surface area contributed by atoms with Crippen LogP contribution in [0.15, 0.2) is 41.5 Å². The maximum atomic E-state index is 14.1. The van der Waals surface area contributed by atoms with E-state index < -0.39 is 41.9 Å². The number of pyridine rings is 1. The summed E-state index contributed by atoms with van der Waals surface area (Å²) in [5.74, 6) is -4.99. The molecule has 0 amide bonds. The Hall–Kier alpha value is -3.51. The first-order valence-electron chi connectivity index (χ1n) is 9.05. The molecule has 0 aliphatic carbocycles. The second-order valence-corrected chi connectivity index (χ2v) is 6.98. The van der Waals surface area contributed by atoms with Crippen molar-refractivity contribution >= 4 is 22.2 Å². The zero-order chi connectivity index (χ0) is 23.3. The van der Waals surface area contributed by atoms with Crippen molar-refractivity contribution in [2.45, 2.75) is 25.3 Å². The van der Waals surface area contributed by atoms with Gasteiger partial charge in [-0.2, -0.15) is 26.3 Å². The van der Waals surface area contributed by atoms with Gasteiger partial charge in [0.2, 0.25) is 5.56 Å². The van der Waals surface area contributed by atoms with Gasteiger partial charge in [-0.3, -0.25) is 4.79 Å². The molecule has 6 nitrogen and oxygen atoms in total. The van der Waals surface area contributed by atoms with Crippen LogP contribution in [0.25, 0.3) is 22.2 Å². The number of aromatic nitrogens is 5. The van der Waals surface area contributed by atoms with Crippen molar-refractivity contribution < 1.29 is 30.7 Å². The number of nitrogens with one attached hydrogen (secondary N) is 1. The van der Waals surface area contributed by atoms with Gasteiger partial charge in [0.25, 0.3) is 0 Å². The Morgan fingerprint density at radius 2 is 1.72 bits per heavy atom. The van der Waals surface area contributed by atoms with E-state index >= 15 is 0 Å². The first kappa shape index (κ1) is 21.7. The summed E-state index contributed by atoms with van der Waals surface area (Å²) in [4.78, 5) is 26.0. The van der Waals surface area contributed by atoms with Crippen LogP contribution in [0.5, 0.6) is 0 Å². The number of halogens is 7. The van der Waals surface area contributed by atoms with Crippen molar-refractivity contribution in [3.63, 3.8) is 0 Å². The number of alkyl halides is 6. The summed E-state index contributed by atoms with van der Waals surface area (Å²) in [6.45, 7) is -0.378. The van der Waals surface area contributed by atoms with Crippen molar-refractivity contribution in [2.75, 3.05) is 0 Å². The summed E-state index contributed by atoms with van der Waals surface area (Å²) < 4.78 is 94.0. The number of H-pyrrole nitrogens is 1. The van der Waals surface area contributed by atoms with Gasteiger partial charge in [-0.1, -0.05) is 12.1 Å². The highest BCUT2D eigenvalue weighted by Crippen LogP contribution is 2.41. The molecule has 0 spiro atoms. The minimum absolute atomic E-state index is 0.0737. The van der Waals surface area contributed by atoms with Crippen LogP contribution in [0.4, 0.5) is 30.7 Å². The molecule has 3 aromatic heterocycles. The van der Waals surface area contributed by atoms with Gasteiger partial charge in [0.1, 0.15) is 11.6 Å². The van der Waals surface area contributed by atoms with Crippen LogP contribution >= 0.6 is 0 Å². The lowest BCUT2D eigenvalue weighted by Crippen LogP contribution is -2.38. The van der Waals surface area contributed by atoms with Crippen molar-refractivity contribution in [3.05, 3.63) is 64.2 Å². The number of aromatic amines is 1. The van der Waals surface area contributed by atoms with E-state index in [1.54, 1.807) is 0 Å². The number of fused-ring (bicyclic) bond motifs is 2. The van der Waals surface area contributed by atoms with Crippen LogP contribution in [-0.4, -0.2) is 36.9 Å². The van der Waals surface area contributed by atoms with E-state index in [0.717, 1.165) is 16.7 Å². The third kappa shape index (κ3) is 4.01. The molecule has 1 aromatic carbocycles. The average Bonchev–Trinajstić information content (AvgIpc) is 3.03. The predicted octanol–water partition coefficient (Wildman–Crippen LogP) is 4.14. The molecule has 0 atom stereocenters. The fourth-order valence-corrected chi connectivity index (χ4v) is 3.43. The Morgan fingerprint density at radius 3 is 2.41 bits per heavy atom. The molecule has 13 heteroatoms. The molecule has 0 bridgehead atoms. The molecule has 168 valence electrons. The van der Waals surface area contributed by atoms with E-state index in [1.807, 2.05) is 0 Å². The van der Waals surface area contributed by atoms with Crippen LogP contribution in [0.1, 0.15) is 11.4 Å². The first-order chi connectivity index (χ1) is 14.9. The van der Waals surface area contributed by atoms with Gasteiger partial charge in [-0.15, -0.1) is 0 Å². The Morgan fingerprint density at radius 1 is 1.03 bits per heavy atom. The molecule has 4 aromatic rings. The molecule has 3 heterocycles. The van der Waals surface area contributed by atoms with Crippen LogP contribution in [0.3, 0.4) is 0 Å². The number of rotatable bonds is 4. The molecular weight excluding hydrogens is 447 g/mol. The lowest BCUT2D eigenvalue weighted by Gasteiger charge is -2.23. The Bertz CT molecular complexity index is 1340. The quantitative estimate of drug-likeness (QED) is 0.466. The molecule has 0 fully saturated rings. The van der Waals surface area contributed by atoms with Gasteiger partial charge in [0.05, 0.1) is 12.1 Å². The minimum Gasteiger partial charge on any atom is -0.319 e. The fraction of sp³-hybridized carbons (Fsp3) is 0.263. The molecule has 4 rings (SSSR count). The normalized spacial score (nSPS) is 12.9. The second-order valence-electron chi connectivity index (χ2n) is 6.98. The highest BCUT2D eigenvalue weighted by Gasteiger charge is 2.56. The monoisotopic (exact) mass is 459 g/mol. The summed E-state index contributed by atoms with van der Waals surface area (Å²) in [7, 11) is 0. The van der Waals surface area contributed by atoms with E-state index in [2.05, 4.69) is 19.9 Å². The topological polar surface area (TPSA) is 76.5 Å². The molecule has 0 saturated carbocycles. The van der Waals surface area contributed by atoms with Crippen LogP contribution < -0.4 is 5.56 Å². The van der Waals surface area contributed by atoms with Crippen LogP contribution in [-0.2, 0) is 13.0 Å². The summed E-state index contributed by atoms with van der Waals surface area (Å²) in [5.41, 5.74) is -0.917. The molecule has 1 N–H and O–H groups in total. The highest BCUT2D eigenvalue weighted by molar-refractivity contribution is 5.82. The van der Waals surface area contributed by atoms with Crippen molar-refractivity contribution in [1.29, 1.82) is 0 Å². The SMILES string of the molecule is O=c1cc(Cn2c(CC(C(F)(F)F)C(F)(F)F)nc3nccnc32)c2cccc(F)c2[nH]1. The predicted molar refractivity (Wildman–Crippen MR) is 98.3 cm³/mol. The van der Waals surface area contributed by atoms with E-state index in [1.165, 1.54) is 24.5 Å². The van der Waals surface area contributed by atoms with Gasteiger partial charge < -0.3 is 9.55 Å². The van der Waals surface area contributed by atoms with Gasteiger partial charge in [-0.05, 0) is 11.6 Å². The summed E-state index contributed by atoms with van der Waals surface area (Å²) >= 11 is 0. The lowest BCUT2D eigenvalue weighted by atomic mass is 10.0. The number of para-hydroxylation sites is 1. The Balaban J connectivity index is 1.88. The zero-order valence-electron chi connectivity index (χ0n) is 15.8. The van der Waals surface area contributed by atoms with E-state index in [9.17, 15) is 35.5 Å². The number of imidazole rings is 1. The smallest absolute Gasteiger partial charge is 0.319 e. The molecule has 0 saturated heterocycles. The van der Waals surface area contributed by atoms with Gasteiger partial charge in [0, 0.05) is 30.3 Å². The molecule has 0 unspecified atom stereocenters. The minimum atomic E-state index is -5.57. The number of hydrogen-bond donors (Lipinski definition) is 1. The first-order valence-corrected chi connectivity index (χ1v) is 9.05. The Labute approximate surface area is 173 Å². The third-order valence-corrected chi connectivity index (χ3v) is 4.88. The zero-order valence-corrected chi connectivity index (χ0v) is 15.8. The largest absolute Gasteiger partial charge is 0.400 e. The molecule has 32 heavy (non-hydrogen) atoms. The number of benzene rings is 1. The molecule has 0 aliphatic heterocycles. The molecule has 0 radical (unpaired) electrons. The summed E-state index contributed by atoms with van der Waals surface area (Å²) in [6, 6.07) is 5.00. The van der Waals surface area contributed by atoms with Crippen molar-refractivity contribution in [3.8, 4) is 0 Å². The van der Waals surface area contributed by atoms with Crippen LogP contribution in [0.2, 0.25) is 0 Å². The van der Waals surface area contributed by atoms with E-state index in [-0.39, 0.29) is 34.3 Å². The Kier molecular flexibility index (Phi) is 5.13. The number of hydrogen-bond acceptors (Lipinski definition) is 4. The fourth-order valence-electron chi connectivity index (χ4n) is 3.43. The third-order valence-electron chi connectivity index (χ3n) is 4.88. The van der Waals surface area contributed by atoms with Gasteiger partial charge in [0.15, 0.2) is 17.2 Å². The maximum Gasteiger partial charge on any atom is 0.400 e. The summed E-state index contributed by atoms with van der Waals surface area (Å²) in [6.07, 6.45) is -10.3. The van der Waals surface area contributed by atoms with Crippen molar-refractivity contribution in [1.82, 2.24) is 24.5 Å². The highest BCUT2D eigenvalue weighted by atomic mass is 19.4. The average molecular weight is 459 g/mol.